The average Bonchev–Trinajstić information content (AvgIpc) is 3.33. The van der Waals surface area contributed by atoms with Gasteiger partial charge in [0.2, 0.25) is 0 Å². The standard InChI is InChI=1S/C31H40FN5O4/c1-8-36(28(38)40-30(2,3)4)26-15-11-23(12-16-26)9-10-24-13-17-27(18-14-24)37(29(39)41-31(5,6)7)22-25-21-35(20-19-32)34-33-25/h9-18,21H,8,19-20,22H2,1-7H3/b10-9+. The lowest BCUT2D eigenvalue weighted by Gasteiger charge is -2.27. The molecule has 0 bridgehead atoms. The van der Waals surface area contributed by atoms with E-state index in [1.807, 2.05) is 88.4 Å². The van der Waals surface area contributed by atoms with Gasteiger partial charge in [0.25, 0.3) is 0 Å². The summed E-state index contributed by atoms with van der Waals surface area (Å²) >= 11 is 0. The van der Waals surface area contributed by atoms with E-state index in [1.54, 1.807) is 31.9 Å². The zero-order chi connectivity index (χ0) is 30.2. The second kappa shape index (κ2) is 13.4. The molecule has 1 heterocycles. The predicted molar refractivity (Wildman–Crippen MR) is 159 cm³/mol. The Morgan fingerprint density at radius 1 is 0.829 bits per heavy atom. The van der Waals surface area contributed by atoms with Crippen LogP contribution in [-0.4, -0.2) is 51.6 Å². The Morgan fingerprint density at radius 2 is 1.29 bits per heavy atom. The van der Waals surface area contributed by atoms with E-state index in [4.69, 9.17) is 9.47 Å². The first-order valence-electron chi connectivity index (χ1n) is 13.6. The highest BCUT2D eigenvalue weighted by Crippen LogP contribution is 2.23. The lowest BCUT2D eigenvalue weighted by molar-refractivity contribution is 0.0568. The second-order valence-electron chi connectivity index (χ2n) is 11.5. The normalized spacial score (nSPS) is 11.9. The number of carbonyl (C=O) groups excluding carboxylic acids is 2. The Morgan fingerprint density at radius 3 is 1.73 bits per heavy atom. The Labute approximate surface area is 241 Å². The number of ether oxygens (including phenoxy) is 2. The SMILES string of the molecule is CCN(C(=O)OC(C)(C)C)c1ccc(/C=C/c2ccc(N(Cc3cn(CCF)nn3)C(=O)OC(C)(C)C)cc2)cc1. The van der Waals surface area contributed by atoms with Crippen molar-refractivity contribution in [3.63, 3.8) is 0 Å². The molecule has 10 heteroatoms. The molecule has 0 aliphatic rings. The van der Waals surface area contributed by atoms with Gasteiger partial charge >= 0.3 is 12.2 Å². The Kier molecular flexibility index (Phi) is 10.3. The zero-order valence-electron chi connectivity index (χ0n) is 24.9. The van der Waals surface area contributed by atoms with Crippen LogP contribution in [-0.2, 0) is 22.6 Å². The molecule has 2 aromatic carbocycles. The molecule has 0 aliphatic heterocycles. The number of alkyl halides is 1. The number of carbonyl (C=O) groups is 2. The van der Waals surface area contributed by atoms with Gasteiger partial charge in [0.1, 0.15) is 23.6 Å². The first kappa shape index (κ1) is 31.3. The predicted octanol–water partition coefficient (Wildman–Crippen LogP) is 7.12. The maximum Gasteiger partial charge on any atom is 0.415 e. The number of aryl methyl sites for hydroxylation is 1. The summed E-state index contributed by atoms with van der Waals surface area (Å²) < 4.78 is 25.2. The highest BCUT2D eigenvalue weighted by atomic mass is 19.1. The van der Waals surface area contributed by atoms with Crippen LogP contribution >= 0.6 is 0 Å². The van der Waals surface area contributed by atoms with Gasteiger partial charge in [0, 0.05) is 17.9 Å². The summed E-state index contributed by atoms with van der Waals surface area (Å²) in [6.07, 6.45) is 4.65. The van der Waals surface area contributed by atoms with Crippen LogP contribution in [0.5, 0.6) is 0 Å². The van der Waals surface area contributed by atoms with Crippen molar-refractivity contribution in [3.8, 4) is 0 Å². The lowest BCUT2D eigenvalue weighted by Crippen LogP contribution is -2.36. The molecule has 3 aromatic rings. The molecule has 0 atom stereocenters. The van der Waals surface area contributed by atoms with E-state index in [2.05, 4.69) is 10.3 Å². The summed E-state index contributed by atoms with van der Waals surface area (Å²) in [4.78, 5) is 28.6. The van der Waals surface area contributed by atoms with Crippen molar-refractivity contribution in [2.45, 2.75) is 72.8 Å². The summed E-state index contributed by atoms with van der Waals surface area (Å²) in [6.45, 7) is 13.0. The minimum absolute atomic E-state index is 0.101. The van der Waals surface area contributed by atoms with Gasteiger partial charge in [-0.2, -0.15) is 0 Å². The van der Waals surface area contributed by atoms with Gasteiger partial charge in [-0.3, -0.25) is 9.80 Å². The molecule has 0 unspecified atom stereocenters. The van der Waals surface area contributed by atoms with Crippen molar-refractivity contribution in [2.24, 2.45) is 0 Å². The third kappa shape index (κ3) is 9.73. The Bertz CT molecular complexity index is 1320. The van der Waals surface area contributed by atoms with Crippen LogP contribution in [0.15, 0.2) is 54.7 Å². The van der Waals surface area contributed by atoms with Crippen LogP contribution in [0.4, 0.5) is 25.4 Å². The first-order chi connectivity index (χ1) is 19.3. The van der Waals surface area contributed by atoms with Crippen LogP contribution in [0.2, 0.25) is 0 Å². The van der Waals surface area contributed by atoms with E-state index < -0.39 is 24.0 Å². The molecule has 0 spiro atoms. The number of hydrogen-bond donors (Lipinski definition) is 0. The van der Waals surface area contributed by atoms with Crippen molar-refractivity contribution in [1.82, 2.24) is 15.0 Å². The van der Waals surface area contributed by atoms with Crippen LogP contribution in [0.3, 0.4) is 0 Å². The van der Waals surface area contributed by atoms with Crippen molar-refractivity contribution in [3.05, 3.63) is 71.5 Å². The van der Waals surface area contributed by atoms with E-state index in [9.17, 15) is 14.0 Å². The molecule has 2 amide bonds. The molecule has 0 saturated carbocycles. The van der Waals surface area contributed by atoms with Crippen molar-refractivity contribution in [2.75, 3.05) is 23.0 Å². The van der Waals surface area contributed by atoms with E-state index in [0.717, 1.165) is 16.8 Å². The smallest absolute Gasteiger partial charge is 0.415 e. The minimum atomic E-state index is -0.680. The maximum absolute atomic E-state index is 13.0. The summed E-state index contributed by atoms with van der Waals surface area (Å²) in [5.41, 5.74) is 2.55. The number of amides is 2. The van der Waals surface area contributed by atoms with Gasteiger partial charge in [-0.15, -0.1) is 5.10 Å². The third-order valence-electron chi connectivity index (χ3n) is 5.64. The van der Waals surface area contributed by atoms with Gasteiger partial charge in [-0.05, 0) is 83.9 Å². The molecule has 3 rings (SSSR count). The molecule has 1 aromatic heterocycles. The van der Waals surface area contributed by atoms with Crippen LogP contribution in [0.1, 0.15) is 65.3 Å². The van der Waals surface area contributed by atoms with Crippen molar-refractivity contribution >= 4 is 35.7 Å². The molecule has 9 nitrogen and oxygen atoms in total. The molecule has 0 N–H and O–H groups in total. The fourth-order valence-electron chi connectivity index (χ4n) is 3.80. The monoisotopic (exact) mass is 565 g/mol. The zero-order valence-corrected chi connectivity index (χ0v) is 24.9. The molecule has 220 valence electrons. The lowest BCUT2D eigenvalue weighted by atomic mass is 10.1. The van der Waals surface area contributed by atoms with Gasteiger partial charge in [0.15, 0.2) is 0 Å². The maximum atomic E-state index is 13.0. The number of rotatable bonds is 9. The van der Waals surface area contributed by atoms with Gasteiger partial charge < -0.3 is 9.47 Å². The van der Waals surface area contributed by atoms with E-state index in [1.165, 1.54) is 9.58 Å². The molecule has 41 heavy (non-hydrogen) atoms. The summed E-state index contributed by atoms with van der Waals surface area (Å²) in [5.74, 6) is 0. The van der Waals surface area contributed by atoms with Gasteiger partial charge in [0.05, 0.1) is 19.3 Å². The van der Waals surface area contributed by atoms with Gasteiger partial charge in [-0.25, -0.2) is 18.7 Å². The summed E-state index contributed by atoms with van der Waals surface area (Å²) in [7, 11) is 0. The minimum Gasteiger partial charge on any atom is -0.443 e. The molecular weight excluding hydrogens is 525 g/mol. The Hall–Kier alpha value is -4.21. The van der Waals surface area contributed by atoms with E-state index >= 15 is 0 Å². The molecule has 0 saturated heterocycles. The van der Waals surface area contributed by atoms with Crippen molar-refractivity contribution < 1.29 is 23.5 Å². The van der Waals surface area contributed by atoms with E-state index in [-0.39, 0.29) is 19.2 Å². The number of anilines is 2. The fraction of sp³-hybridized carbons (Fsp3) is 0.419. The fourth-order valence-corrected chi connectivity index (χ4v) is 3.80. The second-order valence-corrected chi connectivity index (χ2v) is 11.5. The highest BCUT2D eigenvalue weighted by Gasteiger charge is 2.25. The summed E-state index contributed by atoms with van der Waals surface area (Å²) in [5, 5.41) is 7.97. The third-order valence-corrected chi connectivity index (χ3v) is 5.64. The highest BCUT2D eigenvalue weighted by molar-refractivity contribution is 5.89. The molecule has 0 fully saturated rings. The largest absolute Gasteiger partial charge is 0.443 e. The van der Waals surface area contributed by atoms with Gasteiger partial charge in [-0.1, -0.05) is 41.6 Å². The molecule has 0 aliphatic carbocycles. The van der Waals surface area contributed by atoms with Crippen LogP contribution in [0.25, 0.3) is 12.2 Å². The average molecular weight is 566 g/mol. The number of benzene rings is 2. The first-order valence-corrected chi connectivity index (χ1v) is 13.6. The van der Waals surface area contributed by atoms with Crippen LogP contribution < -0.4 is 9.80 Å². The number of nitrogens with zero attached hydrogens (tertiary/aromatic N) is 5. The molecule has 0 radical (unpaired) electrons. The van der Waals surface area contributed by atoms with Crippen LogP contribution in [0, 0.1) is 0 Å². The summed E-state index contributed by atoms with van der Waals surface area (Å²) in [6, 6.07) is 15.1. The quantitative estimate of drug-likeness (QED) is 0.257. The number of hydrogen-bond acceptors (Lipinski definition) is 6. The number of aromatic nitrogens is 3. The molecular formula is C31H40FN5O4. The van der Waals surface area contributed by atoms with E-state index in [0.29, 0.717) is 17.9 Å². The Balaban J connectivity index is 1.73. The topological polar surface area (TPSA) is 89.8 Å². The van der Waals surface area contributed by atoms with Crippen molar-refractivity contribution in [1.29, 1.82) is 0 Å². The number of halogens is 1.